The van der Waals surface area contributed by atoms with E-state index in [1.54, 1.807) is 12.4 Å². The molecule has 0 aromatic carbocycles. The predicted molar refractivity (Wildman–Crippen MR) is 60.7 cm³/mol. The van der Waals surface area contributed by atoms with Gasteiger partial charge in [0.2, 0.25) is 0 Å². The Hall–Kier alpha value is -1.62. The van der Waals surface area contributed by atoms with Gasteiger partial charge in [0.05, 0.1) is 11.1 Å². The molecule has 82 valence electrons. The highest BCUT2D eigenvalue weighted by atomic mass is 16.1. The molecule has 5 nitrogen and oxygen atoms in total. The summed E-state index contributed by atoms with van der Waals surface area (Å²) in [6.45, 7) is 5.80. The molecule has 0 aliphatic carbocycles. The first kappa shape index (κ1) is 11.5. The molecular formula is C10H16N4O. The summed E-state index contributed by atoms with van der Waals surface area (Å²) in [5.74, 6) is 5.74. The molecule has 1 aromatic rings. The van der Waals surface area contributed by atoms with E-state index < -0.39 is 0 Å². The number of hydrogen-bond acceptors (Lipinski definition) is 3. The lowest BCUT2D eigenvalue weighted by Crippen LogP contribution is -2.36. The van der Waals surface area contributed by atoms with Crippen molar-refractivity contribution in [1.82, 2.24) is 10.4 Å². The van der Waals surface area contributed by atoms with Gasteiger partial charge >= 0.3 is 0 Å². The topological polar surface area (TPSA) is 83.3 Å². The number of pyridine rings is 1. The maximum atomic E-state index is 11.5. The van der Waals surface area contributed by atoms with Crippen LogP contribution in [0.1, 0.15) is 26.3 Å². The van der Waals surface area contributed by atoms with Crippen molar-refractivity contribution in [3.05, 3.63) is 34.2 Å². The molecule has 0 unspecified atom stereocenters. The van der Waals surface area contributed by atoms with Gasteiger partial charge in [-0.25, -0.2) is 5.84 Å². The minimum absolute atomic E-state index is 0.116. The minimum atomic E-state index is -0.288. The largest absolute Gasteiger partial charge is 0.367 e. The fraction of sp³-hybridized carbons (Fsp3) is 0.400. The number of nitrogens with zero attached hydrogens (tertiary/aromatic N) is 1. The molecule has 1 heterocycles. The molecule has 0 aliphatic heterocycles. The molecule has 0 atom stereocenters. The van der Waals surface area contributed by atoms with Crippen molar-refractivity contribution in [3.8, 4) is 0 Å². The third-order valence-electron chi connectivity index (χ3n) is 1.66. The molecule has 0 bridgehead atoms. The highest BCUT2D eigenvalue weighted by molar-refractivity contribution is 5.98. The molecule has 0 aliphatic rings. The Kier molecular flexibility index (Phi) is 3.26. The first-order valence-corrected chi connectivity index (χ1v) is 4.68. The quantitative estimate of drug-likeness (QED) is 0.270. The van der Waals surface area contributed by atoms with Crippen LogP contribution in [0.25, 0.3) is 0 Å². The SMILES string of the molecule is CC(C)(C)N=C(NN)c1c[nH]ccc1=O. The van der Waals surface area contributed by atoms with Crippen molar-refractivity contribution in [2.75, 3.05) is 0 Å². The monoisotopic (exact) mass is 208 g/mol. The van der Waals surface area contributed by atoms with E-state index in [0.717, 1.165) is 0 Å². The number of nitrogens with one attached hydrogen (secondary N) is 2. The number of hydrazine groups is 1. The van der Waals surface area contributed by atoms with Gasteiger partial charge in [-0.2, -0.15) is 0 Å². The van der Waals surface area contributed by atoms with Crippen LogP contribution in [0.2, 0.25) is 0 Å². The number of hydrogen-bond donors (Lipinski definition) is 3. The Balaban J connectivity index is 3.21. The van der Waals surface area contributed by atoms with Crippen LogP contribution in [-0.4, -0.2) is 16.4 Å². The van der Waals surface area contributed by atoms with Gasteiger partial charge in [-0.1, -0.05) is 0 Å². The van der Waals surface area contributed by atoms with Gasteiger partial charge in [-0.3, -0.25) is 9.79 Å². The molecule has 1 rings (SSSR count). The van der Waals surface area contributed by atoms with Gasteiger partial charge in [0.15, 0.2) is 5.43 Å². The summed E-state index contributed by atoms with van der Waals surface area (Å²) >= 11 is 0. The van der Waals surface area contributed by atoms with Gasteiger partial charge in [-0.05, 0) is 20.8 Å². The first-order valence-electron chi connectivity index (χ1n) is 4.68. The second kappa shape index (κ2) is 4.27. The van der Waals surface area contributed by atoms with Crippen LogP contribution in [0.15, 0.2) is 28.2 Å². The number of aliphatic imine (C=N–C) groups is 1. The van der Waals surface area contributed by atoms with Crippen LogP contribution >= 0.6 is 0 Å². The molecule has 15 heavy (non-hydrogen) atoms. The van der Waals surface area contributed by atoms with Crippen molar-refractivity contribution < 1.29 is 0 Å². The van der Waals surface area contributed by atoms with Crippen molar-refractivity contribution in [3.63, 3.8) is 0 Å². The van der Waals surface area contributed by atoms with Crippen molar-refractivity contribution in [1.29, 1.82) is 0 Å². The Morgan fingerprint density at radius 1 is 1.53 bits per heavy atom. The van der Waals surface area contributed by atoms with E-state index in [0.29, 0.717) is 11.4 Å². The Morgan fingerprint density at radius 3 is 2.67 bits per heavy atom. The highest BCUT2D eigenvalue weighted by Gasteiger charge is 2.12. The number of amidine groups is 1. The Bertz CT molecular complexity index is 414. The molecular weight excluding hydrogens is 192 g/mol. The number of rotatable bonds is 1. The third-order valence-corrected chi connectivity index (χ3v) is 1.66. The third kappa shape index (κ3) is 3.21. The zero-order valence-corrected chi connectivity index (χ0v) is 9.16. The summed E-state index contributed by atoms with van der Waals surface area (Å²) < 4.78 is 0. The maximum Gasteiger partial charge on any atom is 0.192 e. The van der Waals surface area contributed by atoms with E-state index in [1.807, 2.05) is 20.8 Å². The number of aromatic amines is 1. The van der Waals surface area contributed by atoms with E-state index in [9.17, 15) is 4.79 Å². The molecule has 5 heteroatoms. The van der Waals surface area contributed by atoms with Gasteiger partial charge in [0, 0.05) is 18.5 Å². The van der Waals surface area contributed by atoms with E-state index in [2.05, 4.69) is 15.4 Å². The van der Waals surface area contributed by atoms with E-state index in [4.69, 9.17) is 5.84 Å². The fourth-order valence-corrected chi connectivity index (χ4v) is 1.11. The van der Waals surface area contributed by atoms with Crippen LogP contribution in [-0.2, 0) is 0 Å². The predicted octanol–water partition coefficient (Wildman–Crippen LogP) is 0.383. The Labute approximate surface area is 88.4 Å². The first-order chi connectivity index (χ1) is 6.94. The van der Waals surface area contributed by atoms with Crippen LogP contribution in [0.3, 0.4) is 0 Å². The van der Waals surface area contributed by atoms with Crippen molar-refractivity contribution in [2.24, 2.45) is 10.8 Å². The second-order valence-electron chi connectivity index (χ2n) is 4.20. The molecule has 0 saturated heterocycles. The smallest absolute Gasteiger partial charge is 0.192 e. The molecule has 0 radical (unpaired) electrons. The minimum Gasteiger partial charge on any atom is -0.367 e. The normalized spacial score (nSPS) is 12.7. The molecule has 0 amide bonds. The average molecular weight is 208 g/mol. The molecule has 1 aromatic heterocycles. The van der Waals surface area contributed by atoms with E-state index in [-0.39, 0.29) is 11.0 Å². The lowest BCUT2D eigenvalue weighted by molar-refractivity contribution is 0.580. The van der Waals surface area contributed by atoms with E-state index >= 15 is 0 Å². The summed E-state index contributed by atoms with van der Waals surface area (Å²) in [5, 5.41) is 0. The van der Waals surface area contributed by atoms with Gasteiger partial charge in [0.25, 0.3) is 0 Å². The lowest BCUT2D eigenvalue weighted by Gasteiger charge is -2.15. The summed E-state index contributed by atoms with van der Waals surface area (Å²) in [6.07, 6.45) is 3.14. The highest BCUT2D eigenvalue weighted by Crippen LogP contribution is 2.07. The average Bonchev–Trinajstić information content (AvgIpc) is 2.14. The number of H-pyrrole nitrogens is 1. The maximum absolute atomic E-state index is 11.5. The number of aromatic nitrogens is 1. The Morgan fingerprint density at radius 2 is 2.20 bits per heavy atom. The van der Waals surface area contributed by atoms with E-state index in [1.165, 1.54) is 6.07 Å². The van der Waals surface area contributed by atoms with Crippen LogP contribution in [0.5, 0.6) is 0 Å². The standard InChI is InChI=1S/C10H16N4O/c1-10(2,3)13-9(14-11)7-6-12-5-4-8(7)15/h4-6H,11H2,1-3H3,(H,12,15)(H,13,14). The molecule has 0 spiro atoms. The lowest BCUT2D eigenvalue weighted by atomic mass is 10.1. The summed E-state index contributed by atoms with van der Waals surface area (Å²) in [6, 6.07) is 1.44. The molecule has 0 fully saturated rings. The van der Waals surface area contributed by atoms with Crippen LogP contribution in [0.4, 0.5) is 0 Å². The zero-order chi connectivity index (χ0) is 11.5. The summed E-state index contributed by atoms with van der Waals surface area (Å²) in [4.78, 5) is 18.7. The van der Waals surface area contributed by atoms with Gasteiger partial charge in [0.1, 0.15) is 5.84 Å². The zero-order valence-electron chi connectivity index (χ0n) is 9.16. The van der Waals surface area contributed by atoms with Gasteiger partial charge < -0.3 is 10.4 Å². The van der Waals surface area contributed by atoms with Crippen LogP contribution in [0, 0.1) is 0 Å². The van der Waals surface area contributed by atoms with Crippen molar-refractivity contribution in [2.45, 2.75) is 26.3 Å². The fourth-order valence-electron chi connectivity index (χ4n) is 1.11. The molecule has 0 saturated carbocycles. The second-order valence-corrected chi connectivity index (χ2v) is 4.20. The molecule has 4 N–H and O–H groups in total. The van der Waals surface area contributed by atoms with Gasteiger partial charge in [-0.15, -0.1) is 0 Å². The van der Waals surface area contributed by atoms with Crippen LogP contribution < -0.4 is 16.7 Å². The number of nitrogens with two attached hydrogens (primary N) is 1. The summed E-state index contributed by atoms with van der Waals surface area (Å²) in [7, 11) is 0. The van der Waals surface area contributed by atoms with Crippen molar-refractivity contribution >= 4 is 5.84 Å². The summed E-state index contributed by atoms with van der Waals surface area (Å²) in [5.41, 5.74) is 2.48.